The number of hydrogen-bond donors (Lipinski definition) is 2. The first-order valence-corrected chi connectivity index (χ1v) is 8.60. The van der Waals surface area contributed by atoms with Gasteiger partial charge in [0.15, 0.2) is 0 Å². The van der Waals surface area contributed by atoms with Crippen LogP contribution in [-0.2, 0) is 7.05 Å². The van der Waals surface area contributed by atoms with Gasteiger partial charge in [0.25, 0.3) is 0 Å². The van der Waals surface area contributed by atoms with E-state index in [9.17, 15) is 4.79 Å². The first-order chi connectivity index (χ1) is 13.1. The van der Waals surface area contributed by atoms with Crippen LogP contribution in [0.25, 0.3) is 22.2 Å². The molecule has 1 aliphatic rings. The van der Waals surface area contributed by atoms with Crippen LogP contribution >= 0.6 is 0 Å². The molecule has 9 nitrogen and oxygen atoms in total. The van der Waals surface area contributed by atoms with E-state index in [1.54, 1.807) is 22.9 Å². The molecule has 1 fully saturated rings. The summed E-state index contributed by atoms with van der Waals surface area (Å²) in [5.74, 6) is 0.866. The summed E-state index contributed by atoms with van der Waals surface area (Å²) in [6, 6.07) is 5.71. The van der Waals surface area contributed by atoms with Gasteiger partial charge in [-0.15, -0.1) is 0 Å². The van der Waals surface area contributed by atoms with E-state index in [1.807, 2.05) is 25.4 Å². The van der Waals surface area contributed by atoms with E-state index in [2.05, 4.69) is 26.5 Å². The molecule has 0 bridgehead atoms. The Hall–Kier alpha value is -3.54. The van der Waals surface area contributed by atoms with Crippen LogP contribution in [0.1, 0.15) is 6.42 Å². The number of rotatable bonds is 3. The molecule has 3 aromatic rings. The molecule has 27 heavy (non-hydrogen) atoms. The van der Waals surface area contributed by atoms with Gasteiger partial charge >= 0.3 is 6.03 Å². The highest BCUT2D eigenvalue weighted by Crippen LogP contribution is 2.33. The van der Waals surface area contributed by atoms with Gasteiger partial charge in [0, 0.05) is 37.5 Å². The molecule has 2 aromatic heterocycles. The van der Waals surface area contributed by atoms with Gasteiger partial charge in [0.1, 0.15) is 16.8 Å². The number of carbonyl (C=O) groups is 1. The van der Waals surface area contributed by atoms with Gasteiger partial charge in [-0.25, -0.2) is 9.78 Å². The van der Waals surface area contributed by atoms with Crippen molar-refractivity contribution in [2.75, 3.05) is 25.5 Å². The first kappa shape index (κ1) is 16.9. The predicted molar refractivity (Wildman–Crippen MR) is 99.2 cm³/mol. The molecular weight excluding hydrogens is 346 g/mol. The highest BCUT2D eigenvalue weighted by molar-refractivity contribution is 5.98. The van der Waals surface area contributed by atoms with Crippen LogP contribution in [0.5, 0.6) is 5.75 Å². The summed E-state index contributed by atoms with van der Waals surface area (Å²) in [6.45, 7) is 1.00. The van der Waals surface area contributed by atoms with E-state index in [-0.39, 0.29) is 11.9 Å². The van der Waals surface area contributed by atoms with Crippen molar-refractivity contribution in [3.05, 3.63) is 24.5 Å². The summed E-state index contributed by atoms with van der Waals surface area (Å²) >= 11 is 0. The van der Waals surface area contributed by atoms with Crippen LogP contribution in [0.2, 0.25) is 0 Å². The zero-order valence-corrected chi connectivity index (χ0v) is 15.1. The summed E-state index contributed by atoms with van der Waals surface area (Å²) in [5.41, 5.74) is 3.20. The second-order valence-electron chi connectivity index (χ2n) is 6.52. The number of aromatic amines is 1. The number of benzene rings is 1. The topological polar surface area (TPSA) is 112 Å². The third-order valence-corrected chi connectivity index (χ3v) is 4.73. The van der Waals surface area contributed by atoms with Crippen molar-refractivity contribution in [2.24, 2.45) is 13.0 Å². The highest BCUT2D eigenvalue weighted by Gasteiger charge is 2.26. The molecule has 3 heterocycles. The summed E-state index contributed by atoms with van der Waals surface area (Å²) in [5, 5.41) is 16.0. The predicted octanol–water partition coefficient (Wildman–Crippen LogP) is 2.35. The third-order valence-electron chi connectivity index (χ3n) is 4.73. The smallest absolute Gasteiger partial charge is 0.324 e. The molecule has 9 heteroatoms. The van der Waals surface area contributed by atoms with Crippen molar-refractivity contribution in [1.82, 2.24) is 24.6 Å². The maximum Gasteiger partial charge on any atom is 0.324 e. The highest BCUT2D eigenvalue weighted by atomic mass is 16.5. The molecule has 1 aromatic carbocycles. The Bertz CT molecular complexity index is 1050. The number of aryl methyl sites for hydroxylation is 1. The van der Waals surface area contributed by atoms with Crippen molar-refractivity contribution in [3.63, 3.8) is 0 Å². The number of anilines is 1. The zero-order chi connectivity index (χ0) is 19.0. The summed E-state index contributed by atoms with van der Waals surface area (Å²) in [7, 11) is 3.44. The van der Waals surface area contributed by atoms with E-state index >= 15 is 0 Å². The molecule has 0 saturated carbocycles. The number of imidazole rings is 1. The molecule has 1 atom stereocenters. The Kier molecular flexibility index (Phi) is 4.16. The van der Waals surface area contributed by atoms with E-state index in [4.69, 9.17) is 10.00 Å². The Balaban J connectivity index is 1.67. The Morgan fingerprint density at radius 2 is 2.33 bits per heavy atom. The van der Waals surface area contributed by atoms with Crippen LogP contribution in [0, 0.1) is 17.2 Å². The molecule has 138 valence electrons. The number of aromatic nitrogens is 4. The lowest BCUT2D eigenvalue weighted by molar-refractivity contribution is 0.221. The standard InChI is InChI=1S/C18H19N7O2/c1-24-10-12(8-20-24)13-3-4-14(27-2)16-15(13)21-17(22-16)23-18(26)25-6-5-11(7-19)9-25/h3-4,8,10-11H,5-6,9H2,1-2H3,(H2,21,22,23,26)/t11-/m1/s1. The second-order valence-corrected chi connectivity index (χ2v) is 6.52. The lowest BCUT2D eigenvalue weighted by Gasteiger charge is -2.14. The molecule has 2 N–H and O–H groups in total. The average Bonchev–Trinajstić information content (AvgIpc) is 3.39. The van der Waals surface area contributed by atoms with Crippen molar-refractivity contribution >= 4 is 23.0 Å². The minimum absolute atomic E-state index is 0.108. The van der Waals surface area contributed by atoms with Gasteiger partial charge in [-0.3, -0.25) is 10.00 Å². The number of nitrogens with zero attached hydrogens (tertiary/aromatic N) is 5. The molecule has 1 aliphatic heterocycles. The van der Waals surface area contributed by atoms with Gasteiger partial charge in [-0.1, -0.05) is 0 Å². The number of methoxy groups -OCH3 is 1. The fourth-order valence-corrected chi connectivity index (χ4v) is 3.32. The number of H-pyrrole nitrogens is 1. The largest absolute Gasteiger partial charge is 0.494 e. The molecule has 0 spiro atoms. The normalized spacial score (nSPS) is 16.5. The SMILES string of the molecule is COc1ccc(-c2cnn(C)c2)c2nc(NC(=O)N3CC[C@H](C#N)C3)[nH]c12. The van der Waals surface area contributed by atoms with Gasteiger partial charge in [0.05, 0.1) is 25.3 Å². The van der Waals surface area contributed by atoms with E-state index in [0.717, 1.165) is 11.1 Å². The first-order valence-electron chi connectivity index (χ1n) is 8.60. The van der Waals surface area contributed by atoms with Gasteiger partial charge in [-0.05, 0) is 18.6 Å². The minimum Gasteiger partial charge on any atom is -0.494 e. The fourth-order valence-electron chi connectivity index (χ4n) is 3.32. The van der Waals surface area contributed by atoms with Crippen molar-refractivity contribution in [3.8, 4) is 22.9 Å². The number of carbonyl (C=O) groups excluding carboxylic acids is 1. The van der Waals surface area contributed by atoms with Gasteiger partial charge in [0.2, 0.25) is 5.95 Å². The van der Waals surface area contributed by atoms with Crippen LogP contribution in [-0.4, -0.2) is 50.9 Å². The number of ether oxygens (including phenoxy) is 1. The van der Waals surface area contributed by atoms with E-state index < -0.39 is 0 Å². The maximum atomic E-state index is 12.5. The molecule has 0 radical (unpaired) electrons. The third kappa shape index (κ3) is 3.06. The molecular formula is C18H19N7O2. The lowest BCUT2D eigenvalue weighted by atomic mass is 10.1. The van der Waals surface area contributed by atoms with Crippen LogP contribution in [0.4, 0.5) is 10.7 Å². The molecule has 0 unspecified atom stereocenters. The van der Waals surface area contributed by atoms with Crippen LogP contribution < -0.4 is 10.1 Å². The second kappa shape index (κ2) is 6.64. The minimum atomic E-state index is -0.270. The molecule has 1 saturated heterocycles. The number of nitriles is 1. The Morgan fingerprint density at radius 1 is 1.48 bits per heavy atom. The lowest BCUT2D eigenvalue weighted by Crippen LogP contribution is -2.33. The number of likely N-dealkylation sites (tertiary alicyclic amines) is 1. The number of amides is 2. The molecule has 2 amide bonds. The Morgan fingerprint density at radius 3 is 3.00 bits per heavy atom. The van der Waals surface area contributed by atoms with Gasteiger partial charge < -0.3 is 14.6 Å². The average molecular weight is 365 g/mol. The van der Waals surface area contributed by atoms with E-state index in [0.29, 0.717) is 42.2 Å². The quantitative estimate of drug-likeness (QED) is 0.740. The Labute approximate surface area is 155 Å². The number of nitrogens with one attached hydrogen (secondary N) is 2. The van der Waals surface area contributed by atoms with Crippen LogP contribution in [0.15, 0.2) is 24.5 Å². The summed E-state index contributed by atoms with van der Waals surface area (Å²) in [6.07, 6.45) is 4.37. The van der Waals surface area contributed by atoms with Crippen molar-refractivity contribution in [2.45, 2.75) is 6.42 Å². The summed E-state index contributed by atoms with van der Waals surface area (Å²) < 4.78 is 7.14. The molecule has 0 aliphatic carbocycles. The van der Waals surface area contributed by atoms with Crippen LogP contribution in [0.3, 0.4) is 0 Å². The van der Waals surface area contributed by atoms with Crippen molar-refractivity contribution < 1.29 is 9.53 Å². The van der Waals surface area contributed by atoms with E-state index in [1.165, 1.54) is 0 Å². The monoisotopic (exact) mass is 365 g/mol. The number of urea groups is 1. The maximum absolute atomic E-state index is 12.5. The number of fused-ring (bicyclic) bond motifs is 1. The zero-order valence-electron chi connectivity index (χ0n) is 15.1. The van der Waals surface area contributed by atoms with Gasteiger partial charge in [-0.2, -0.15) is 10.4 Å². The fraction of sp³-hybridized carbons (Fsp3) is 0.333. The summed E-state index contributed by atoms with van der Waals surface area (Å²) in [4.78, 5) is 21.8. The number of hydrogen-bond acceptors (Lipinski definition) is 5. The molecule has 4 rings (SSSR count). The van der Waals surface area contributed by atoms with Crippen molar-refractivity contribution in [1.29, 1.82) is 5.26 Å².